The van der Waals surface area contributed by atoms with Crippen LogP contribution in [0, 0.1) is 12.3 Å². The van der Waals surface area contributed by atoms with Gasteiger partial charge in [0.25, 0.3) is 0 Å². The van der Waals surface area contributed by atoms with Gasteiger partial charge in [0.15, 0.2) is 0 Å². The number of esters is 1. The Kier molecular flexibility index (Phi) is 6.28. The molecule has 0 atom stereocenters. The molecule has 0 amide bonds. The fraction of sp³-hybridized carbons (Fsp3) is 0.296. The van der Waals surface area contributed by atoms with E-state index >= 15 is 0 Å². The van der Waals surface area contributed by atoms with Gasteiger partial charge < -0.3 is 9.30 Å². The molecule has 0 unspecified atom stereocenters. The van der Waals surface area contributed by atoms with Crippen molar-refractivity contribution in [3.8, 4) is 5.75 Å². The van der Waals surface area contributed by atoms with Crippen molar-refractivity contribution in [2.24, 2.45) is 5.41 Å². The third kappa shape index (κ3) is 4.53. The van der Waals surface area contributed by atoms with E-state index in [1.165, 1.54) is 10.8 Å². The second kappa shape index (κ2) is 8.84. The zero-order chi connectivity index (χ0) is 23.0. The highest BCUT2D eigenvalue weighted by Gasteiger charge is 2.23. The number of hydrogen-bond donors (Lipinski definition) is 0. The molecule has 4 rings (SSSR count). The minimum Gasteiger partial charge on any atom is -0.425 e. The summed E-state index contributed by atoms with van der Waals surface area (Å²) in [5.74, 6) is 0.427. The van der Waals surface area contributed by atoms with Gasteiger partial charge in [-0.2, -0.15) is 0 Å². The van der Waals surface area contributed by atoms with Gasteiger partial charge in [-0.05, 0) is 54.0 Å². The highest BCUT2D eigenvalue weighted by Crippen LogP contribution is 2.43. The van der Waals surface area contributed by atoms with Gasteiger partial charge in [0, 0.05) is 27.9 Å². The Morgan fingerprint density at radius 2 is 1.84 bits per heavy atom. The SMILES string of the molecule is CSc1c(OC(=O)CC(C)(C)C)cc(C)c2c3ccccc3n(Cc3cccc(Cl)c3)c12. The number of halogens is 1. The number of benzene rings is 3. The van der Waals surface area contributed by atoms with Gasteiger partial charge >= 0.3 is 5.97 Å². The van der Waals surface area contributed by atoms with Gasteiger partial charge in [-0.25, -0.2) is 0 Å². The Labute approximate surface area is 198 Å². The fourth-order valence-corrected chi connectivity index (χ4v) is 5.16. The average molecular weight is 466 g/mol. The molecule has 0 spiro atoms. The largest absolute Gasteiger partial charge is 0.425 e. The molecule has 1 aromatic heterocycles. The number of rotatable bonds is 5. The van der Waals surface area contributed by atoms with Crippen LogP contribution in [-0.2, 0) is 11.3 Å². The lowest BCUT2D eigenvalue weighted by Crippen LogP contribution is -2.18. The maximum absolute atomic E-state index is 12.7. The lowest BCUT2D eigenvalue weighted by Gasteiger charge is -2.18. The summed E-state index contributed by atoms with van der Waals surface area (Å²) in [6.07, 6.45) is 2.40. The molecule has 4 aromatic rings. The molecular weight excluding hydrogens is 438 g/mol. The smallest absolute Gasteiger partial charge is 0.311 e. The second-order valence-corrected chi connectivity index (χ2v) is 10.6. The molecule has 0 saturated heterocycles. The van der Waals surface area contributed by atoms with E-state index in [2.05, 4.69) is 41.8 Å². The summed E-state index contributed by atoms with van der Waals surface area (Å²) in [6, 6.07) is 18.4. The molecule has 3 nitrogen and oxygen atoms in total. The molecule has 5 heteroatoms. The van der Waals surface area contributed by atoms with Gasteiger partial charge in [-0.1, -0.05) is 62.7 Å². The second-order valence-electron chi connectivity index (χ2n) is 9.39. The molecule has 0 aliphatic rings. The quantitative estimate of drug-likeness (QED) is 0.171. The topological polar surface area (TPSA) is 31.2 Å². The van der Waals surface area contributed by atoms with E-state index < -0.39 is 0 Å². The number of hydrogen-bond acceptors (Lipinski definition) is 3. The first-order valence-corrected chi connectivity index (χ1v) is 12.3. The van der Waals surface area contributed by atoms with Crippen molar-refractivity contribution < 1.29 is 9.53 Å². The van der Waals surface area contributed by atoms with Crippen LogP contribution in [0.4, 0.5) is 0 Å². The third-order valence-corrected chi connectivity index (χ3v) is 6.52. The Hall–Kier alpha value is -2.43. The first-order valence-electron chi connectivity index (χ1n) is 10.7. The molecule has 0 radical (unpaired) electrons. The van der Waals surface area contributed by atoms with Crippen molar-refractivity contribution in [3.05, 3.63) is 70.7 Å². The van der Waals surface area contributed by atoms with Crippen molar-refractivity contribution in [2.45, 2.75) is 45.6 Å². The number of para-hydroxylation sites is 1. The summed E-state index contributed by atoms with van der Waals surface area (Å²) in [5.41, 5.74) is 4.34. The van der Waals surface area contributed by atoms with Crippen molar-refractivity contribution in [1.82, 2.24) is 4.57 Å². The summed E-state index contributed by atoms with van der Waals surface area (Å²) in [4.78, 5) is 13.7. The number of nitrogens with zero attached hydrogens (tertiary/aromatic N) is 1. The van der Waals surface area contributed by atoms with E-state index in [9.17, 15) is 4.79 Å². The molecule has 0 saturated carbocycles. The van der Waals surface area contributed by atoms with Crippen LogP contribution in [-0.4, -0.2) is 16.8 Å². The lowest BCUT2D eigenvalue weighted by atomic mass is 9.92. The van der Waals surface area contributed by atoms with E-state index in [1.54, 1.807) is 11.8 Å². The minimum atomic E-state index is -0.205. The van der Waals surface area contributed by atoms with Crippen LogP contribution < -0.4 is 4.74 Å². The summed E-state index contributed by atoms with van der Waals surface area (Å²) in [7, 11) is 0. The molecule has 0 aliphatic heterocycles. The van der Waals surface area contributed by atoms with Gasteiger partial charge in [-0.15, -0.1) is 11.8 Å². The van der Waals surface area contributed by atoms with Crippen molar-refractivity contribution >= 4 is 51.1 Å². The molecule has 166 valence electrons. The molecule has 0 bridgehead atoms. The van der Waals surface area contributed by atoms with Gasteiger partial charge in [0.05, 0.1) is 16.8 Å². The van der Waals surface area contributed by atoms with E-state index in [0.717, 1.165) is 32.1 Å². The number of ether oxygens (including phenoxy) is 1. The van der Waals surface area contributed by atoms with Crippen molar-refractivity contribution in [1.29, 1.82) is 0 Å². The Balaban J connectivity index is 1.94. The maximum Gasteiger partial charge on any atom is 0.311 e. The molecule has 32 heavy (non-hydrogen) atoms. The molecule has 3 aromatic carbocycles. The van der Waals surface area contributed by atoms with Crippen LogP contribution >= 0.6 is 23.4 Å². The Bertz CT molecular complexity index is 1320. The van der Waals surface area contributed by atoms with Gasteiger partial charge in [0.1, 0.15) is 5.75 Å². The van der Waals surface area contributed by atoms with E-state index in [0.29, 0.717) is 18.7 Å². The minimum absolute atomic E-state index is 0.128. The third-order valence-electron chi connectivity index (χ3n) is 5.48. The summed E-state index contributed by atoms with van der Waals surface area (Å²) < 4.78 is 8.24. The predicted molar refractivity (Wildman–Crippen MR) is 136 cm³/mol. The lowest BCUT2D eigenvalue weighted by molar-refractivity contribution is -0.136. The number of fused-ring (bicyclic) bond motifs is 3. The van der Waals surface area contributed by atoms with Gasteiger partial charge in [-0.3, -0.25) is 4.79 Å². The van der Waals surface area contributed by atoms with Crippen LogP contribution in [0.5, 0.6) is 5.75 Å². The van der Waals surface area contributed by atoms with Crippen molar-refractivity contribution in [2.75, 3.05) is 6.26 Å². The molecule has 0 N–H and O–H groups in total. The van der Waals surface area contributed by atoms with Crippen molar-refractivity contribution in [3.63, 3.8) is 0 Å². The van der Waals surface area contributed by atoms with Gasteiger partial charge in [0.2, 0.25) is 0 Å². The Morgan fingerprint density at radius 1 is 1.09 bits per heavy atom. The Morgan fingerprint density at radius 3 is 2.53 bits per heavy atom. The number of carbonyl (C=O) groups is 1. The standard InChI is InChI=1S/C27H28ClNO2S/c1-17-13-22(31-23(30)15-27(2,3)4)26(32-5)25-24(17)20-11-6-7-12-21(20)29(25)16-18-9-8-10-19(28)14-18/h6-14H,15-16H2,1-5H3. The van der Waals surface area contributed by atoms with E-state index in [4.69, 9.17) is 16.3 Å². The zero-order valence-electron chi connectivity index (χ0n) is 19.2. The fourth-order valence-electron chi connectivity index (χ4n) is 4.24. The molecular formula is C27H28ClNO2S. The van der Waals surface area contributed by atoms with E-state index in [1.807, 2.05) is 51.3 Å². The zero-order valence-corrected chi connectivity index (χ0v) is 20.7. The summed E-state index contributed by atoms with van der Waals surface area (Å²) in [6.45, 7) is 8.89. The first-order chi connectivity index (χ1) is 15.2. The highest BCUT2D eigenvalue weighted by molar-refractivity contribution is 7.99. The first kappa shape index (κ1) is 22.8. The highest BCUT2D eigenvalue weighted by atomic mass is 35.5. The van der Waals surface area contributed by atoms with Crippen LogP contribution in [0.3, 0.4) is 0 Å². The normalized spacial score (nSPS) is 11.9. The van der Waals surface area contributed by atoms with Crippen LogP contribution in [0.2, 0.25) is 5.02 Å². The molecule has 0 fully saturated rings. The number of aromatic nitrogens is 1. The summed E-state index contributed by atoms with van der Waals surface area (Å²) >= 11 is 7.88. The number of aryl methyl sites for hydroxylation is 1. The monoisotopic (exact) mass is 465 g/mol. The summed E-state index contributed by atoms with van der Waals surface area (Å²) in [5, 5.41) is 3.12. The maximum atomic E-state index is 12.7. The van der Waals surface area contributed by atoms with Crippen LogP contribution in [0.1, 0.15) is 38.3 Å². The van der Waals surface area contributed by atoms with Crippen LogP contribution in [0.15, 0.2) is 59.5 Å². The number of carbonyl (C=O) groups excluding carboxylic acids is 1. The van der Waals surface area contributed by atoms with Crippen LogP contribution in [0.25, 0.3) is 21.8 Å². The predicted octanol–water partition coefficient (Wildman–Crippen LogP) is 7.87. The average Bonchev–Trinajstić information content (AvgIpc) is 3.02. The van der Waals surface area contributed by atoms with E-state index in [-0.39, 0.29) is 11.4 Å². The molecule has 1 heterocycles. The molecule has 0 aliphatic carbocycles. The number of thioether (sulfide) groups is 1.